The van der Waals surface area contributed by atoms with Crippen molar-refractivity contribution in [3.63, 3.8) is 0 Å². The molecule has 7 fully saturated rings. The summed E-state index contributed by atoms with van der Waals surface area (Å²) in [6.45, 7) is 18.4. The van der Waals surface area contributed by atoms with Crippen molar-refractivity contribution in [2.45, 2.75) is 115 Å². The number of para-hydroxylation sites is 1. The number of carbonyl (C=O) groups is 2. The first kappa shape index (κ1) is 54.4. The third kappa shape index (κ3) is 10.9. The summed E-state index contributed by atoms with van der Waals surface area (Å²) in [7, 11) is 0. The predicted octanol–water partition coefficient (Wildman–Crippen LogP) is 7.37. The maximum atomic E-state index is 14.4. The minimum absolute atomic E-state index is 0.0917. The number of nitrogens with two attached hydrogens (primary N) is 1. The van der Waals surface area contributed by atoms with Gasteiger partial charge >= 0.3 is 0 Å². The molecular formula is C62H77N13O6S. The summed E-state index contributed by atoms with van der Waals surface area (Å²) in [6.07, 6.45) is 7.95. The molecule has 10 heterocycles. The first-order valence-electron chi connectivity index (χ1n) is 29.7. The molecule has 13 rings (SSSR count). The molecule has 20 heteroatoms. The Bertz CT molecular complexity index is 3240. The lowest BCUT2D eigenvalue weighted by Gasteiger charge is -2.62. The number of ether oxygens (including phenoxy) is 1. The molecule has 2 aromatic carbocycles. The molecule has 1 aliphatic carbocycles. The third-order valence-corrected chi connectivity index (χ3v) is 19.9. The number of rotatable bonds is 17. The number of phenols is 1. The van der Waals surface area contributed by atoms with Crippen LogP contribution in [-0.2, 0) is 9.59 Å². The number of nitrogens with one attached hydrogen (secondary N) is 1. The van der Waals surface area contributed by atoms with E-state index >= 15 is 0 Å². The number of aromatic hydroxyl groups is 1. The number of pyridine rings is 1. The van der Waals surface area contributed by atoms with Crippen LogP contribution in [0.3, 0.4) is 0 Å². The molecule has 2 amide bonds. The van der Waals surface area contributed by atoms with E-state index in [1.165, 1.54) is 26.2 Å². The zero-order valence-corrected chi connectivity index (χ0v) is 48.3. The highest BCUT2D eigenvalue weighted by Gasteiger charge is 2.53. The summed E-state index contributed by atoms with van der Waals surface area (Å²) < 4.78 is 12.5. The monoisotopic (exact) mass is 1130 g/mol. The average Bonchev–Trinajstić information content (AvgIpc) is 3.61. The quantitative estimate of drug-likeness (QED) is 0.0700. The molecule has 432 valence electrons. The number of aliphatic hydroxyl groups excluding tert-OH is 1. The average molecular weight is 1130 g/mol. The van der Waals surface area contributed by atoms with Crippen LogP contribution in [0.15, 0.2) is 89.0 Å². The van der Waals surface area contributed by atoms with Gasteiger partial charge in [0.25, 0.3) is 0 Å². The summed E-state index contributed by atoms with van der Waals surface area (Å²) in [5.41, 5.74) is 15.0. The number of carbonyl (C=O) groups excluding carboxylic acids is 2. The number of nitrogens with zero attached hydrogens (tertiary/aromatic N) is 11. The third-order valence-electron chi connectivity index (χ3n) is 18.9. The molecule has 2 bridgehead atoms. The highest BCUT2D eigenvalue weighted by atomic mass is 32.1. The Morgan fingerprint density at radius 2 is 1.57 bits per heavy atom. The lowest BCUT2D eigenvalue weighted by molar-refractivity contribution is -0.141. The van der Waals surface area contributed by atoms with Crippen LogP contribution in [0.2, 0.25) is 0 Å². The van der Waals surface area contributed by atoms with E-state index in [-0.39, 0.29) is 48.6 Å². The standard InChI is InChI=1S/C62H77N13O6S/c1-37(2)57(61(79)74-31-47(76)24-52(74)60(78)66-38(3)42-9-11-43(12-10-42)58-39(4)65-36-82-58)54-26-55(69-81-54)72-19-16-40(17-20-72)27-70-32-62(33-70)34-71(35-62)28-41-21-48(22-41)80-56-23-44(15-18-64-56)75-45-13-14-46(75)30-73(29-45)51-25-50(67-68-59(51)63)49-7-5-6-8-53(49)77/h5-12,15,18,23,25-26,36-38,40-41,45-48,52,57,76-77H,13-14,16-17,19-22,24,27-35H2,1-4H3,(H2,63,68)(H,66,78)/t38-,41?,45+,46?,47+,48?,52-,57+/m0/s1. The number of amides is 2. The van der Waals surface area contributed by atoms with Crippen molar-refractivity contribution < 1.29 is 29.1 Å². The van der Waals surface area contributed by atoms with Crippen molar-refractivity contribution in [3.8, 4) is 33.3 Å². The number of hydrogen-bond acceptors (Lipinski definition) is 18. The summed E-state index contributed by atoms with van der Waals surface area (Å²) in [6, 6.07) is 23.0. The number of aryl methyl sites for hydroxylation is 1. The van der Waals surface area contributed by atoms with Crippen LogP contribution in [0.25, 0.3) is 21.7 Å². The van der Waals surface area contributed by atoms with E-state index in [9.17, 15) is 19.8 Å². The fourth-order valence-electron chi connectivity index (χ4n) is 14.7. The van der Waals surface area contributed by atoms with Gasteiger partial charge in [-0.15, -0.1) is 21.5 Å². The molecule has 0 radical (unpaired) electrons. The molecule has 19 nitrogen and oxygen atoms in total. The van der Waals surface area contributed by atoms with Gasteiger partial charge in [0.2, 0.25) is 17.7 Å². The van der Waals surface area contributed by atoms with Gasteiger partial charge in [0.1, 0.15) is 23.8 Å². The van der Waals surface area contributed by atoms with Gasteiger partial charge in [-0.25, -0.2) is 9.97 Å². The van der Waals surface area contributed by atoms with Crippen LogP contribution in [0, 0.1) is 30.1 Å². The number of phenolic OH excluding ortho intramolecular Hbond substituents is 1. The van der Waals surface area contributed by atoms with Crippen molar-refractivity contribution in [3.05, 3.63) is 102 Å². The minimum atomic E-state index is -0.796. The Labute approximate surface area is 483 Å². The first-order valence-corrected chi connectivity index (χ1v) is 30.6. The number of anilines is 4. The normalized spacial score (nSPS) is 25.2. The number of piperazine rings is 1. The van der Waals surface area contributed by atoms with E-state index in [2.05, 4.69) is 67.3 Å². The largest absolute Gasteiger partial charge is 0.507 e. The number of fused-ring (bicyclic) bond motifs is 2. The summed E-state index contributed by atoms with van der Waals surface area (Å²) in [5, 5.41) is 37.5. The number of thiazole rings is 1. The van der Waals surface area contributed by atoms with Gasteiger partial charge in [-0.3, -0.25) is 9.59 Å². The van der Waals surface area contributed by atoms with E-state index < -0.39 is 18.1 Å². The Morgan fingerprint density at radius 3 is 2.27 bits per heavy atom. The number of benzene rings is 2. The van der Waals surface area contributed by atoms with Gasteiger partial charge in [-0.2, -0.15) is 0 Å². The number of likely N-dealkylation sites (tertiary alicyclic amines) is 3. The van der Waals surface area contributed by atoms with Gasteiger partial charge in [0.15, 0.2) is 17.4 Å². The number of hydrogen-bond donors (Lipinski definition) is 4. The predicted molar refractivity (Wildman–Crippen MR) is 316 cm³/mol. The molecule has 1 spiro atoms. The molecule has 4 aromatic heterocycles. The van der Waals surface area contributed by atoms with E-state index in [1.54, 1.807) is 28.4 Å². The lowest BCUT2D eigenvalue weighted by Crippen LogP contribution is -2.72. The van der Waals surface area contributed by atoms with Crippen LogP contribution < -0.4 is 30.5 Å². The maximum absolute atomic E-state index is 14.4. The second-order valence-corrected chi connectivity index (χ2v) is 26.1. The van der Waals surface area contributed by atoms with Gasteiger partial charge in [-0.05, 0) is 106 Å². The molecule has 82 heavy (non-hydrogen) atoms. The van der Waals surface area contributed by atoms with Crippen molar-refractivity contribution >= 4 is 46.2 Å². The second kappa shape index (κ2) is 22.4. The van der Waals surface area contributed by atoms with Crippen LogP contribution in [0.1, 0.15) is 94.7 Å². The van der Waals surface area contributed by atoms with Gasteiger partial charge in [-0.1, -0.05) is 55.4 Å². The van der Waals surface area contributed by atoms with Crippen molar-refractivity contribution in [1.82, 2.24) is 45.3 Å². The first-order chi connectivity index (χ1) is 39.7. The summed E-state index contributed by atoms with van der Waals surface area (Å²) >= 11 is 1.60. The molecule has 5 N–H and O–H groups in total. The molecular weight excluding hydrogens is 1050 g/mol. The van der Waals surface area contributed by atoms with Crippen molar-refractivity contribution in [2.75, 3.05) is 92.4 Å². The molecule has 7 aliphatic rings. The Kier molecular flexibility index (Phi) is 14.8. The number of aromatic nitrogens is 5. The SMILES string of the molecule is Cc1ncsc1-c1ccc([C@H](C)NC(=O)[C@@H]2C[C@@H](O)CN2C(=O)[C@@H](c2cc(N3CCC(CN4CC5(C4)CN(CC4CC(Oc6cc(N7C8CC[C@@H]7CN(c7cc(-c9ccccc9O)nnc7N)C8)ccn6)C4)C5)CC3)no2)C(C)C)cc1. The topological polar surface area (TPSA) is 219 Å². The van der Waals surface area contributed by atoms with E-state index in [1.807, 2.05) is 87.9 Å². The van der Waals surface area contributed by atoms with Crippen LogP contribution in [0.4, 0.5) is 23.0 Å². The Morgan fingerprint density at radius 1 is 0.854 bits per heavy atom. The highest BCUT2D eigenvalue weighted by molar-refractivity contribution is 7.13. The molecule has 1 unspecified atom stereocenters. The van der Waals surface area contributed by atoms with Crippen LogP contribution >= 0.6 is 11.3 Å². The Balaban J connectivity index is 0.526. The molecule has 1 saturated carbocycles. The van der Waals surface area contributed by atoms with E-state index in [4.69, 9.17) is 15.0 Å². The van der Waals surface area contributed by atoms with Crippen molar-refractivity contribution in [1.29, 1.82) is 0 Å². The molecule has 6 aromatic rings. The van der Waals surface area contributed by atoms with Crippen LogP contribution in [-0.4, -0.2) is 164 Å². The van der Waals surface area contributed by atoms with Crippen LogP contribution in [0.5, 0.6) is 11.6 Å². The van der Waals surface area contributed by atoms with E-state index in [0.717, 1.165) is 117 Å². The zero-order valence-electron chi connectivity index (χ0n) is 47.5. The molecule has 6 aliphatic heterocycles. The Hall–Kier alpha value is -6.87. The zero-order chi connectivity index (χ0) is 56.4. The fraction of sp³-hybridized carbons (Fsp3) is 0.532. The number of piperidine rings is 1. The number of β-amino-alcohol motifs (C(OH)–C–C–N with tert-alkyl or cyclic N) is 1. The molecule has 6 atom stereocenters. The van der Waals surface area contributed by atoms with Gasteiger partial charge < -0.3 is 59.9 Å². The second-order valence-electron chi connectivity index (χ2n) is 25.2. The lowest BCUT2D eigenvalue weighted by atomic mass is 9.71. The minimum Gasteiger partial charge on any atom is -0.507 e. The number of aliphatic hydroxyl groups is 1. The summed E-state index contributed by atoms with van der Waals surface area (Å²) in [4.78, 5) is 52.4. The van der Waals surface area contributed by atoms with Gasteiger partial charge in [0, 0.05) is 125 Å². The maximum Gasteiger partial charge on any atom is 0.243 e. The molecule has 6 saturated heterocycles. The smallest absolute Gasteiger partial charge is 0.243 e. The van der Waals surface area contributed by atoms with E-state index in [0.29, 0.717) is 58.0 Å². The van der Waals surface area contributed by atoms with Gasteiger partial charge in [0.05, 0.1) is 39.6 Å². The van der Waals surface area contributed by atoms with Crippen molar-refractivity contribution in [2.24, 2.45) is 23.2 Å². The fourth-order valence-corrected chi connectivity index (χ4v) is 15.5. The summed E-state index contributed by atoms with van der Waals surface area (Å²) in [5.74, 6) is 2.55. The number of nitrogen functional groups attached to an aromatic ring is 1. The highest BCUT2D eigenvalue weighted by Crippen LogP contribution is 2.44.